The monoisotopic (exact) mass is 495 g/mol. The maximum atomic E-state index is 9.93. The fourth-order valence-corrected chi connectivity index (χ4v) is 5.10. The molecule has 2 aromatic rings. The van der Waals surface area contributed by atoms with Gasteiger partial charge in [-0.2, -0.15) is 4.98 Å². The Hall–Kier alpha value is -2.29. The summed E-state index contributed by atoms with van der Waals surface area (Å²) in [4.78, 5) is 19.3. The number of nitrogens with one attached hydrogen (secondary N) is 2. The molecule has 1 saturated carbocycles. The second-order valence-corrected chi connectivity index (χ2v) is 10.8. The number of aromatic nitrogens is 3. The van der Waals surface area contributed by atoms with E-state index >= 15 is 0 Å². The minimum atomic E-state index is -0.177. The highest BCUT2D eigenvalue weighted by Gasteiger charge is 2.22. The number of aliphatic hydroxyl groups excluding tert-OH is 1. The standard InChI is InChI=1S/C28H45N7O/c1-4-5-6-7-21(2)31-28-30-19-25(27(33-28)32-23-9-11-24(36)12-10-23)26-13-8-22(18-29-26)20-35-16-14-34(3)15-17-35/h8,13,18-19,21,23-24,36H,4-7,9-12,14-17,20H2,1-3H3,(H2,30,31,32,33). The van der Waals surface area contributed by atoms with Crippen LogP contribution in [0.15, 0.2) is 24.5 Å². The lowest BCUT2D eigenvalue weighted by molar-refractivity contribution is 0.126. The Labute approximate surface area is 216 Å². The minimum absolute atomic E-state index is 0.177. The predicted octanol–water partition coefficient (Wildman–Crippen LogP) is 4.38. The highest BCUT2D eigenvalue weighted by atomic mass is 16.3. The van der Waals surface area contributed by atoms with Crippen LogP contribution in [0.2, 0.25) is 0 Å². The molecule has 4 rings (SSSR count). The van der Waals surface area contributed by atoms with E-state index in [4.69, 9.17) is 9.97 Å². The quantitative estimate of drug-likeness (QED) is 0.396. The molecule has 1 unspecified atom stereocenters. The van der Waals surface area contributed by atoms with Gasteiger partial charge in [0.1, 0.15) is 5.82 Å². The van der Waals surface area contributed by atoms with Crippen molar-refractivity contribution in [1.29, 1.82) is 0 Å². The first-order valence-corrected chi connectivity index (χ1v) is 13.9. The highest BCUT2D eigenvalue weighted by molar-refractivity contribution is 5.73. The van der Waals surface area contributed by atoms with E-state index in [2.05, 4.69) is 58.4 Å². The highest BCUT2D eigenvalue weighted by Crippen LogP contribution is 2.29. The minimum Gasteiger partial charge on any atom is -0.393 e. The summed E-state index contributed by atoms with van der Waals surface area (Å²) in [5, 5.41) is 17.1. The van der Waals surface area contributed by atoms with Crippen molar-refractivity contribution in [2.75, 3.05) is 43.9 Å². The van der Waals surface area contributed by atoms with Gasteiger partial charge < -0.3 is 20.6 Å². The molecular formula is C28H45N7O. The summed E-state index contributed by atoms with van der Waals surface area (Å²) in [5.74, 6) is 1.49. The van der Waals surface area contributed by atoms with Gasteiger partial charge in [-0.25, -0.2) is 4.98 Å². The van der Waals surface area contributed by atoms with Gasteiger partial charge in [0.15, 0.2) is 0 Å². The van der Waals surface area contributed by atoms with Gasteiger partial charge in [0.25, 0.3) is 0 Å². The molecule has 8 nitrogen and oxygen atoms in total. The second-order valence-electron chi connectivity index (χ2n) is 10.8. The van der Waals surface area contributed by atoms with Crippen LogP contribution < -0.4 is 10.6 Å². The van der Waals surface area contributed by atoms with Crippen LogP contribution in [0.4, 0.5) is 11.8 Å². The van der Waals surface area contributed by atoms with E-state index in [9.17, 15) is 5.11 Å². The van der Waals surface area contributed by atoms with Gasteiger partial charge in [-0.1, -0.05) is 32.3 Å². The summed E-state index contributed by atoms with van der Waals surface area (Å²) in [6.45, 7) is 9.80. The number of anilines is 2. The Bertz CT molecular complexity index is 922. The molecule has 198 valence electrons. The molecule has 0 radical (unpaired) electrons. The zero-order chi connectivity index (χ0) is 25.3. The van der Waals surface area contributed by atoms with Gasteiger partial charge in [-0.15, -0.1) is 0 Å². The number of rotatable bonds is 11. The number of hydrogen-bond donors (Lipinski definition) is 3. The third-order valence-electron chi connectivity index (χ3n) is 7.55. The molecule has 2 aliphatic rings. The Morgan fingerprint density at radius 3 is 2.50 bits per heavy atom. The summed E-state index contributed by atoms with van der Waals surface area (Å²) >= 11 is 0. The van der Waals surface area contributed by atoms with Crippen molar-refractivity contribution < 1.29 is 5.11 Å². The molecule has 3 heterocycles. The van der Waals surface area contributed by atoms with Crippen LogP contribution in [0.5, 0.6) is 0 Å². The van der Waals surface area contributed by atoms with Crippen LogP contribution in [0.1, 0.15) is 70.8 Å². The largest absolute Gasteiger partial charge is 0.393 e. The molecule has 1 saturated heterocycles. The molecule has 2 aromatic heterocycles. The van der Waals surface area contributed by atoms with E-state index in [-0.39, 0.29) is 6.10 Å². The molecule has 0 bridgehead atoms. The van der Waals surface area contributed by atoms with Crippen molar-refractivity contribution in [2.24, 2.45) is 0 Å². The zero-order valence-electron chi connectivity index (χ0n) is 22.4. The third-order valence-corrected chi connectivity index (χ3v) is 7.55. The summed E-state index contributed by atoms with van der Waals surface area (Å²) < 4.78 is 0. The average molecular weight is 496 g/mol. The lowest BCUT2D eigenvalue weighted by Gasteiger charge is -2.32. The SMILES string of the molecule is CCCCCC(C)Nc1ncc(-c2ccc(CN3CCN(C)CC3)cn2)c(NC2CCC(O)CC2)n1. The molecule has 1 aliphatic heterocycles. The summed E-state index contributed by atoms with van der Waals surface area (Å²) in [6.07, 6.45) is 12.1. The fourth-order valence-electron chi connectivity index (χ4n) is 5.10. The van der Waals surface area contributed by atoms with Crippen molar-refractivity contribution in [2.45, 2.75) is 89.9 Å². The van der Waals surface area contributed by atoms with E-state index in [1.807, 2.05) is 12.4 Å². The van der Waals surface area contributed by atoms with Gasteiger partial charge in [0.05, 0.1) is 17.4 Å². The van der Waals surface area contributed by atoms with E-state index in [1.54, 1.807) is 0 Å². The number of hydrogen-bond acceptors (Lipinski definition) is 8. The van der Waals surface area contributed by atoms with Crippen LogP contribution >= 0.6 is 0 Å². The molecular weight excluding hydrogens is 450 g/mol. The van der Waals surface area contributed by atoms with Gasteiger partial charge in [-0.05, 0) is 57.7 Å². The molecule has 3 N–H and O–H groups in total. The summed E-state index contributed by atoms with van der Waals surface area (Å²) in [5.41, 5.74) is 3.05. The third kappa shape index (κ3) is 7.85. The number of nitrogens with zero attached hydrogens (tertiary/aromatic N) is 5. The van der Waals surface area contributed by atoms with Gasteiger partial charge >= 0.3 is 0 Å². The molecule has 36 heavy (non-hydrogen) atoms. The average Bonchev–Trinajstić information content (AvgIpc) is 2.88. The Kier molecular flexibility index (Phi) is 9.90. The number of likely N-dealkylation sites (N-methyl/N-ethyl adjacent to an activating group) is 1. The lowest BCUT2D eigenvalue weighted by atomic mass is 9.93. The second kappa shape index (κ2) is 13.3. The fraction of sp³-hybridized carbons (Fsp3) is 0.679. The predicted molar refractivity (Wildman–Crippen MR) is 147 cm³/mol. The van der Waals surface area contributed by atoms with Gasteiger partial charge in [0.2, 0.25) is 5.95 Å². The van der Waals surface area contributed by atoms with Crippen molar-refractivity contribution in [1.82, 2.24) is 24.8 Å². The number of unbranched alkanes of at least 4 members (excludes halogenated alkanes) is 2. The summed E-state index contributed by atoms with van der Waals surface area (Å²) in [7, 11) is 2.19. The smallest absolute Gasteiger partial charge is 0.224 e. The van der Waals surface area contributed by atoms with Crippen LogP contribution in [-0.4, -0.2) is 81.3 Å². The molecule has 1 aliphatic carbocycles. The molecule has 0 spiro atoms. The van der Waals surface area contributed by atoms with Gasteiger partial charge in [0, 0.05) is 57.2 Å². The van der Waals surface area contributed by atoms with Crippen molar-refractivity contribution in [3.8, 4) is 11.3 Å². The first-order chi connectivity index (χ1) is 17.5. The van der Waals surface area contributed by atoms with Gasteiger partial charge in [-0.3, -0.25) is 9.88 Å². The molecule has 8 heteroatoms. The zero-order valence-corrected chi connectivity index (χ0v) is 22.4. The lowest BCUT2D eigenvalue weighted by Crippen LogP contribution is -2.43. The van der Waals surface area contributed by atoms with E-state index in [0.717, 1.165) is 81.9 Å². The topological polar surface area (TPSA) is 89.4 Å². The normalized spacial score (nSPS) is 22.3. The van der Waals surface area contributed by atoms with E-state index < -0.39 is 0 Å². The van der Waals surface area contributed by atoms with Crippen LogP contribution in [0.25, 0.3) is 11.3 Å². The molecule has 1 atom stereocenters. The van der Waals surface area contributed by atoms with E-state index in [1.165, 1.54) is 24.8 Å². The molecule has 0 amide bonds. The van der Waals surface area contributed by atoms with Crippen molar-refractivity contribution in [3.63, 3.8) is 0 Å². The van der Waals surface area contributed by atoms with E-state index in [0.29, 0.717) is 18.0 Å². The first-order valence-electron chi connectivity index (χ1n) is 13.9. The maximum Gasteiger partial charge on any atom is 0.224 e. The number of pyridine rings is 1. The van der Waals surface area contributed by atoms with Crippen molar-refractivity contribution >= 4 is 11.8 Å². The van der Waals surface area contributed by atoms with Crippen molar-refractivity contribution in [3.05, 3.63) is 30.1 Å². The Morgan fingerprint density at radius 2 is 1.81 bits per heavy atom. The molecule has 0 aromatic carbocycles. The first kappa shape index (κ1) is 26.8. The van der Waals surface area contributed by atoms with Crippen LogP contribution in [-0.2, 0) is 6.54 Å². The Balaban J connectivity index is 1.47. The number of piperazine rings is 1. The summed E-state index contributed by atoms with van der Waals surface area (Å²) in [6, 6.07) is 4.91. The molecule has 2 fully saturated rings. The Morgan fingerprint density at radius 1 is 1.03 bits per heavy atom. The maximum absolute atomic E-state index is 9.93. The number of aliphatic hydroxyl groups is 1. The van der Waals surface area contributed by atoms with Crippen LogP contribution in [0.3, 0.4) is 0 Å². The van der Waals surface area contributed by atoms with Crippen LogP contribution in [0, 0.1) is 0 Å².